The second-order valence-electron chi connectivity index (χ2n) is 10.6. The maximum Gasteiger partial charge on any atom is 0.272 e. The van der Waals surface area contributed by atoms with Crippen LogP contribution in [0.1, 0.15) is 50.5 Å². The number of benzene rings is 1. The third-order valence-electron chi connectivity index (χ3n) is 6.96. The minimum absolute atomic E-state index is 0.0236. The summed E-state index contributed by atoms with van der Waals surface area (Å²) in [6.45, 7) is 7.74. The fraction of sp³-hybridized carbons (Fsp3) is 0.440. The lowest BCUT2D eigenvalue weighted by atomic mass is 9.65. The summed E-state index contributed by atoms with van der Waals surface area (Å²) in [5, 5.41) is 5.73. The Kier molecular flexibility index (Phi) is 4.99. The quantitative estimate of drug-likeness (QED) is 0.455. The highest BCUT2D eigenvalue weighted by molar-refractivity contribution is 6.42. The van der Waals surface area contributed by atoms with Crippen molar-refractivity contribution < 1.29 is 4.79 Å². The first-order chi connectivity index (χ1) is 15.1. The smallest absolute Gasteiger partial charge is 0.272 e. The van der Waals surface area contributed by atoms with Crippen molar-refractivity contribution >= 4 is 29.1 Å². The van der Waals surface area contributed by atoms with E-state index in [4.69, 9.17) is 28.3 Å². The van der Waals surface area contributed by atoms with E-state index in [1.54, 1.807) is 16.8 Å². The average molecular weight is 471 g/mol. The van der Waals surface area contributed by atoms with Crippen molar-refractivity contribution in [3.63, 3.8) is 0 Å². The van der Waals surface area contributed by atoms with E-state index in [9.17, 15) is 4.79 Å². The van der Waals surface area contributed by atoms with Crippen LogP contribution in [0.5, 0.6) is 0 Å². The Morgan fingerprint density at radius 2 is 1.88 bits per heavy atom. The molecule has 1 saturated carbocycles. The first kappa shape index (κ1) is 21.6. The second-order valence-corrected chi connectivity index (χ2v) is 11.4. The normalized spacial score (nSPS) is 24.2. The van der Waals surface area contributed by atoms with Gasteiger partial charge < -0.3 is 9.47 Å². The Balaban J connectivity index is 1.60. The minimum atomic E-state index is 0.0236. The summed E-state index contributed by atoms with van der Waals surface area (Å²) in [4.78, 5) is 16.0. The number of carbonyl (C=O) groups excluding carboxylic acids is 1. The molecule has 2 aromatic heterocycles. The Bertz CT molecular complexity index is 1210. The van der Waals surface area contributed by atoms with E-state index in [0.717, 1.165) is 42.9 Å². The lowest BCUT2D eigenvalue weighted by Crippen LogP contribution is -2.38. The molecule has 3 aromatic rings. The van der Waals surface area contributed by atoms with E-state index in [-0.39, 0.29) is 22.8 Å². The Hall–Kier alpha value is -2.24. The number of likely N-dealkylation sites (tertiary alicyclic amines) is 1. The molecule has 168 valence electrons. The topological polar surface area (TPSA) is 43.1 Å². The molecule has 1 saturated heterocycles. The maximum absolute atomic E-state index is 14.0. The van der Waals surface area contributed by atoms with Gasteiger partial charge in [-0.3, -0.25) is 4.79 Å². The third-order valence-corrected chi connectivity index (χ3v) is 7.70. The van der Waals surface area contributed by atoms with Crippen LogP contribution in [0.15, 0.2) is 42.6 Å². The van der Waals surface area contributed by atoms with E-state index in [2.05, 4.69) is 25.7 Å². The highest BCUT2D eigenvalue weighted by Gasteiger charge is 2.51. The summed E-state index contributed by atoms with van der Waals surface area (Å²) >= 11 is 12.4. The number of hydrogen-bond acceptors (Lipinski definition) is 2. The van der Waals surface area contributed by atoms with Crippen molar-refractivity contribution in [1.82, 2.24) is 19.2 Å². The zero-order valence-electron chi connectivity index (χ0n) is 18.9. The van der Waals surface area contributed by atoms with E-state index in [1.807, 2.05) is 42.1 Å². The standard InChI is InChI=1S/C25H28Cl2N4O/c1-24(2)12-17-13-25(3,14-24)15-30(17)23(32)22-11-20(21-6-5-9-29(21)4)28-31(22)16-7-8-18(26)19(27)10-16/h5-11,17H,12-15H2,1-4H3. The summed E-state index contributed by atoms with van der Waals surface area (Å²) in [5.74, 6) is 0.0236. The Labute approximate surface area is 198 Å². The maximum atomic E-state index is 14.0. The van der Waals surface area contributed by atoms with E-state index in [1.165, 1.54) is 0 Å². The van der Waals surface area contributed by atoms with Crippen molar-refractivity contribution in [2.45, 2.75) is 46.1 Å². The monoisotopic (exact) mass is 470 g/mol. The summed E-state index contributed by atoms with van der Waals surface area (Å²) in [5.41, 5.74) is 3.37. The first-order valence-electron chi connectivity index (χ1n) is 11.0. The van der Waals surface area contributed by atoms with Crippen LogP contribution in [0.3, 0.4) is 0 Å². The summed E-state index contributed by atoms with van der Waals surface area (Å²) in [7, 11) is 1.97. The molecule has 1 aliphatic heterocycles. The van der Waals surface area contributed by atoms with Gasteiger partial charge in [-0.2, -0.15) is 5.10 Å². The number of aryl methyl sites for hydroxylation is 1. The largest absolute Gasteiger partial charge is 0.349 e. The average Bonchev–Trinajstić information content (AvgIpc) is 3.38. The van der Waals surface area contributed by atoms with Crippen molar-refractivity contribution in [3.8, 4) is 17.1 Å². The van der Waals surface area contributed by atoms with Crippen LogP contribution in [0.25, 0.3) is 17.1 Å². The van der Waals surface area contributed by atoms with Gasteiger partial charge in [0.2, 0.25) is 0 Å². The molecule has 7 heteroatoms. The van der Waals surface area contributed by atoms with Gasteiger partial charge in [-0.1, -0.05) is 44.0 Å². The molecule has 5 rings (SSSR count). The number of nitrogens with zero attached hydrogens (tertiary/aromatic N) is 4. The zero-order chi connectivity index (χ0) is 22.8. The van der Waals surface area contributed by atoms with Gasteiger partial charge in [-0.15, -0.1) is 0 Å². The van der Waals surface area contributed by atoms with E-state index in [0.29, 0.717) is 15.7 Å². The second kappa shape index (κ2) is 7.39. The van der Waals surface area contributed by atoms with Gasteiger partial charge in [0.05, 0.1) is 21.4 Å². The minimum Gasteiger partial charge on any atom is -0.349 e. The van der Waals surface area contributed by atoms with Crippen LogP contribution in [0, 0.1) is 10.8 Å². The van der Waals surface area contributed by atoms with E-state index < -0.39 is 0 Å². The molecule has 2 bridgehead atoms. The molecule has 0 radical (unpaired) electrons. The molecule has 5 nitrogen and oxygen atoms in total. The lowest BCUT2D eigenvalue weighted by Gasteiger charge is -2.39. The fourth-order valence-corrected chi connectivity index (χ4v) is 6.34. The molecule has 1 aliphatic carbocycles. The SMILES string of the molecule is Cn1cccc1-c1cc(C(=O)N2CC3(C)CC2CC(C)(C)C3)n(-c2ccc(Cl)c(Cl)c2)n1. The molecule has 2 unspecified atom stereocenters. The predicted octanol–water partition coefficient (Wildman–Crippen LogP) is 6.23. The molecule has 1 aromatic carbocycles. The molecule has 2 aliphatic rings. The first-order valence-corrected chi connectivity index (χ1v) is 11.8. The van der Waals surface area contributed by atoms with Crippen LogP contribution in [0.2, 0.25) is 10.0 Å². The molecule has 0 N–H and O–H groups in total. The molecule has 1 amide bonds. The lowest BCUT2D eigenvalue weighted by molar-refractivity contribution is 0.0699. The van der Waals surface area contributed by atoms with Crippen molar-refractivity contribution in [2.75, 3.05) is 6.54 Å². The van der Waals surface area contributed by atoms with Gasteiger partial charge in [0, 0.05) is 25.8 Å². The summed E-state index contributed by atoms with van der Waals surface area (Å²) < 4.78 is 3.71. The van der Waals surface area contributed by atoms with Crippen LogP contribution < -0.4 is 0 Å². The predicted molar refractivity (Wildman–Crippen MR) is 129 cm³/mol. The van der Waals surface area contributed by atoms with Crippen molar-refractivity contribution in [3.05, 3.63) is 58.3 Å². The van der Waals surface area contributed by atoms with Gasteiger partial charge in [0.25, 0.3) is 5.91 Å². The highest BCUT2D eigenvalue weighted by Crippen LogP contribution is 2.52. The number of hydrogen-bond donors (Lipinski definition) is 0. The summed E-state index contributed by atoms with van der Waals surface area (Å²) in [6.07, 6.45) is 5.20. The van der Waals surface area contributed by atoms with Crippen molar-refractivity contribution in [2.24, 2.45) is 17.9 Å². The number of halogens is 2. The third kappa shape index (κ3) is 3.65. The van der Waals surface area contributed by atoms with Crippen LogP contribution in [0.4, 0.5) is 0 Å². The summed E-state index contributed by atoms with van der Waals surface area (Å²) in [6, 6.07) is 11.5. The van der Waals surface area contributed by atoms with Crippen LogP contribution >= 0.6 is 23.2 Å². The van der Waals surface area contributed by atoms with Gasteiger partial charge in [0.15, 0.2) is 0 Å². The highest BCUT2D eigenvalue weighted by atomic mass is 35.5. The van der Waals surface area contributed by atoms with Crippen molar-refractivity contribution in [1.29, 1.82) is 0 Å². The molecule has 0 spiro atoms. The van der Waals surface area contributed by atoms with Gasteiger partial charge in [0.1, 0.15) is 11.4 Å². The molecular formula is C25H28Cl2N4O. The number of rotatable bonds is 3. The number of amides is 1. The van der Waals surface area contributed by atoms with Gasteiger partial charge in [-0.25, -0.2) is 4.68 Å². The molecule has 32 heavy (non-hydrogen) atoms. The molecule has 3 heterocycles. The number of aromatic nitrogens is 3. The molecule has 2 fully saturated rings. The zero-order valence-corrected chi connectivity index (χ0v) is 20.4. The van der Waals surface area contributed by atoms with Gasteiger partial charge in [-0.05, 0) is 66.5 Å². The Morgan fingerprint density at radius 3 is 2.56 bits per heavy atom. The number of fused-ring (bicyclic) bond motifs is 2. The van der Waals surface area contributed by atoms with Gasteiger partial charge >= 0.3 is 0 Å². The Morgan fingerprint density at radius 1 is 1.09 bits per heavy atom. The molecular weight excluding hydrogens is 443 g/mol. The molecule has 2 atom stereocenters. The van der Waals surface area contributed by atoms with E-state index >= 15 is 0 Å². The van der Waals surface area contributed by atoms with Crippen LogP contribution in [-0.2, 0) is 7.05 Å². The fourth-order valence-electron chi connectivity index (χ4n) is 6.04. The number of carbonyl (C=O) groups is 1. The van der Waals surface area contributed by atoms with Crippen LogP contribution in [-0.4, -0.2) is 37.7 Å².